The van der Waals surface area contributed by atoms with Gasteiger partial charge in [0.05, 0.1) is 29.6 Å². The van der Waals surface area contributed by atoms with Crippen LogP contribution in [0.15, 0.2) is 30.5 Å². The van der Waals surface area contributed by atoms with Crippen molar-refractivity contribution >= 4 is 17.5 Å². The highest BCUT2D eigenvalue weighted by Crippen LogP contribution is 2.26. The molecule has 0 amide bonds. The predicted molar refractivity (Wildman–Crippen MR) is 103 cm³/mol. The van der Waals surface area contributed by atoms with Crippen LogP contribution in [0.25, 0.3) is 0 Å². The van der Waals surface area contributed by atoms with Crippen molar-refractivity contribution in [2.75, 3.05) is 10.6 Å². The second-order valence-corrected chi connectivity index (χ2v) is 6.50. The minimum absolute atomic E-state index is 0.0212. The van der Waals surface area contributed by atoms with Crippen molar-refractivity contribution in [3.8, 4) is 11.9 Å². The first-order chi connectivity index (χ1) is 13.9. The Morgan fingerprint density at radius 2 is 1.97 bits per heavy atom. The van der Waals surface area contributed by atoms with E-state index in [1.807, 2.05) is 19.9 Å². The molecule has 8 nitrogen and oxygen atoms in total. The molecule has 0 saturated heterocycles. The summed E-state index contributed by atoms with van der Waals surface area (Å²) >= 11 is 0. The second-order valence-electron chi connectivity index (χ2n) is 6.50. The van der Waals surface area contributed by atoms with Gasteiger partial charge in [0.15, 0.2) is 17.5 Å². The molecule has 0 saturated carbocycles. The van der Waals surface area contributed by atoms with Gasteiger partial charge in [0.25, 0.3) is 0 Å². The van der Waals surface area contributed by atoms with Gasteiger partial charge in [-0.15, -0.1) is 0 Å². The molecule has 29 heavy (non-hydrogen) atoms. The van der Waals surface area contributed by atoms with Crippen molar-refractivity contribution in [1.82, 2.24) is 20.2 Å². The highest BCUT2D eigenvalue weighted by Gasteiger charge is 2.16. The molecule has 0 radical (unpaired) electrons. The molecule has 3 heterocycles. The Morgan fingerprint density at radius 3 is 2.62 bits per heavy atom. The first kappa shape index (κ1) is 20.0. The maximum Gasteiger partial charge on any atom is 0.211 e. The maximum atomic E-state index is 14.4. The summed E-state index contributed by atoms with van der Waals surface area (Å²) in [4.78, 5) is 8.17. The molecule has 0 spiro atoms. The molecule has 150 valence electrons. The Labute approximate surface area is 166 Å². The molecular weight excluding hydrogens is 380 g/mol. The number of ether oxygens (including phenoxy) is 1. The summed E-state index contributed by atoms with van der Waals surface area (Å²) in [5, 5.41) is 21.7. The van der Waals surface area contributed by atoms with Gasteiger partial charge in [0, 0.05) is 6.07 Å². The van der Waals surface area contributed by atoms with E-state index in [4.69, 9.17) is 4.74 Å². The van der Waals surface area contributed by atoms with E-state index >= 15 is 0 Å². The number of aromatic amines is 1. The molecule has 3 rings (SSSR count). The smallest absolute Gasteiger partial charge is 0.211 e. The lowest BCUT2D eigenvalue weighted by atomic mass is 10.2. The van der Waals surface area contributed by atoms with E-state index in [0.717, 1.165) is 12.3 Å². The summed E-state index contributed by atoms with van der Waals surface area (Å²) in [6.07, 6.45) is 1.04. The van der Waals surface area contributed by atoms with E-state index < -0.39 is 17.7 Å². The number of nitrogens with one attached hydrogen (secondary N) is 3. The summed E-state index contributed by atoms with van der Waals surface area (Å²) in [5.74, 6) is -0.404. The Bertz CT molecular complexity index is 1030. The van der Waals surface area contributed by atoms with E-state index in [9.17, 15) is 14.0 Å². The molecule has 0 aliphatic rings. The molecule has 0 fully saturated rings. The number of anilines is 3. The molecule has 10 heteroatoms. The number of nitriles is 1. The third-order valence-electron chi connectivity index (χ3n) is 3.81. The highest BCUT2D eigenvalue weighted by atomic mass is 19.1. The summed E-state index contributed by atoms with van der Waals surface area (Å²) in [5.41, 5.74) is 0.562. The largest absolute Gasteiger partial charge is 0.475 e. The normalized spacial score (nSPS) is 11.8. The van der Waals surface area contributed by atoms with Gasteiger partial charge in [-0.1, -0.05) is 0 Å². The van der Waals surface area contributed by atoms with E-state index in [2.05, 4.69) is 30.8 Å². The monoisotopic (exact) mass is 399 g/mol. The number of rotatable bonds is 7. The molecular formula is C19H19F2N7O. The van der Waals surface area contributed by atoms with Crippen LogP contribution in [-0.4, -0.2) is 26.3 Å². The van der Waals surface area contributed by atoms with Crippen molar-refractivity contribution in [1.29, 1.82) is 5.26 Å². The molecule has 0 unspecified atom stereocenters. The third-order valence-corrected chi connectivity index (χ3v) is 3.81. The summed E-state index contributed by atoms with van der Waals surface area (Å²) in [6.45, 7) is 5.50. The van der Waals surface area contributed by atoms with E-state index in [1.165, 1.54) is 12.1 Å². The van der Waals surface area contributed by atoms with Gasteiger partial charge in [-0.05, 0) is 39.0 Å². The molecule has 0 aromatic carbocycles. The zero-order valence-electron chi connectivity index (χ0n) is 16.0. The summed E-state index contributed by atoms with van der Waals surface area (Å²) < 4.78 is 32.9. The van der Waals surface area contributed by atoms with Crippen LogP contribution in [-0.2, 0) is 0 Å². The number of aromatic nitrogens is 4. The summed E-state index contributed by atoms with van der Waals surface area (Å²) in [6, 6.07) is 6.94. The maximum absolute atomic E-state index is 14.4. The van der Waals surface area contributed by atoms with Gasteiger partial charge in [0.2, 0.25) is 5.88 Å². The Balaban J connectivity index is 1.83. The van der Waals surface area contributed by atoms with E-state index in [1.54, 1.807) is 13.0 Å². The molecule has 3 aromatic rings. The van der Waals surface area contributed by atoms with E-state index in [-0.39, 0.29) is 23.3 Å². The fourth-order valence-electron chi connectivity index (χ4n) is 2.50. The Kier molecular flexibility index (Phi) is 5.87. The number of H-pyrrole nitrogens is 1. The van der Waals surface area contributed by atoms with Gasteiger partial charge in [-0.2, -0.15) is 10.4 Å². The number of halogens is 2. The van der Waals surface area contributed by atoms with Crippen molar-refractivity contribution in [2.24, 2.45) is 0 Å². The van der Waals surface area contributed by atoms with Crippen LogP contribution in [0.2, 0.25) is 0 Å². The fraction of sp³-hybridized carbons (Fsp3) is 0.263. The number of hydrogen-bond donors (Lipinski definition) is 3. The van der Waals surface area contributed by atoms with Crippen LogP contribution in [0.5, 0.6) is 5.88 Å². The molecule has 3 aromatic heterocycles. The number of hydrogen-bond acceptors (Lipinski definition) is 7. The summed E-state index contributed by atoms with van der Waals surface area (Å²) in [7, 11) is 0. The van der Waals surface area contributed by atoms with Crippen molar-refractivity contribution < 1.29 is 13.5 Å². The van der Waals surface area contributed by atoms with Crippen LogP contribution in [0.3, 0.4) is 0 Å². The minimum atomic E-state index is -0.714. The number of nitrogens with zero attached hydrogens (tertiary/aromatic N) is 4. The first-order valence-corrected chi connectivity index (χ1v) is 8.83. The van der Waals surface area contributed by atoms with Crippen LogP contribution in [0, 0.1) is 23.0 Å². The molecule has 0 aliphatic heterocycles. The van der Waals surface area contributed by atoms with Crippen molar-refractivity contribution in [3.63, 3.8) is 0 Å². The molecule has 1 atom stereocenters. The minimum Gasteiger partial charge on any atom is -0.475 e. The van der Waals surface area contributed by atoms with E-state index in [0.29, 0.717) is 17.4 Å². The lowest BCUT2D eigenvalue weighted by molar-refractivity contribution is 0.232. The quantitative estimate of drug-likeness (QED) is 0.549. The fourth-order valence-corrected chi connectivity index (χ4v) is 2.50. The van der Waals surface area contributed by atoms with Gasteiger partial charge >= 0.3 is 0 Å². The highest BCUT2D eigenvalue weighted by molar-refractivity contribution is 5.62. The average Bonchev–Trinajstić information content (AvgIpc) is 3.10. The predicted octanol–water partition coefficient (Wildman–Crippen LogP) is 4.05. The van der Waals surface area contributed by atoms with Gasteiger partial charge in [-0.3, -0.25) is 4.98 Å². The topological polar surface area (TPSA) is 112 Å². The van der Waals surface area contributed by atoms with Crippen molar-refractivity contribution in [3.05, 3.63) is 53.4 Å². The molecule has 0 aliphatic carbocycles. The van der Waals surface area contributed by atoms with Gasteiger partial charge < -0.3 is 15.4 Å². The van der Waals surface area contributed by atoms with Gasteiger partial charge in [0.1, 0.15) is 17.7 Å². The zero-order chi connectivity index (χ0) is 21.0. The molecule has 0 bridgehead atoms. The SMILES string of the molecule is CC(C)Oc1cc(Nc2nc(N[C@@H](C)c3ccc(F)cn3)c(C#N)cc2F)n[nH]1. The lowest BCUT2D eigenvalue weighted by Crippen LogP contribution is -2.12. The van der Waals surface area contributed by atoms with Crippen LogP contribution in [0.4, 0.5) is 26.2 Å². The van der Waals surface area contributed by atoms with Gasteiger partial charge in [-0.25, -0.2) is 18.9 Å². The average molecular weight is 399 g/mol. The lowest BCUT2D eigenvalue weighted by Gasteiger charge is -2.16. The van der Waals surface area contributed by atoms with Crippen LogP contribution < -0.4 is 15.4 Å². The number of pyridine rings is 2. The second kappa shape index (κ2) is 8.52. The van der Waals surface area contributed by atoms with Crippen LogP contribution >= 0.6 is 0 Å². The Morgan fingerprint density at radius 1 is 1.17 bits per heavy atom. The zero-order valence-corrected chi connectivity index (χ0v) is 16.0. The Hall–Kier alpha value is -3.74. The standard InChI is InChI=1S/C19H19F2N7O/c1-10(2)29-17-7-16(27-28-17)25-19-14(21)6-12(8-22)18(26-19)24-11(3)15-5-4-13(20)9-23-15/h4-7,9-11H,1-3H3,(H3,24,25,26,27,28)/t11-/m0/s1. The van der Waals surface area contributed by atoms with Crippen LogP contribution in [0.1, 0.15) is 38.1 Å². The third kappa shape index (κ3) is 4.95. The first-order valence-electron chi connectivity index (χ1n) is 8.83. The molecule has 3 N–H and O–H groups in total. The van der Waals surface area contributed by atoms with Crippen molar-refractivity contribution in [2.45, 2.75) is 32.9 Å².